The van der Waals surface area contributed by atoms with Crippen LogP contribution in [0.5, 0.6) is 11.5 Å². The molecule has 0 radical (unpaired) electrons. The van der Waals surface area contributed by atoms with Crippen molar-refractivity contribution in [3.63, 3.8) is 0 Å². The lowest BCUT2D eigenvalue weighted by Gasteiger charge is -2.03. The third kappa shape index (κ3) is 1.28. The Kier molecular flexibility index (Phi) is 1.84. The van der Waals surface area contributed by atoms with Gasteiger partial charge >= 0.3 is 5.97 Å². The van der Waals surface area contributed by atoms with Crippen molar-refractivity contribution >= 4 is 5.97 Å². The predicted molar refractivity (Wildman–Crippen MR) is 48.3 cm³/mol. The fourth-order valence-electron chi connectivity index (χ4n) is 1.66. The number of para-hydroxylation sites is 1. The predicted octanol–water partition coefficient (Wildman–Crippen LogP) is 1.29. The number of aromatic hydroxyl groups is 2. The molecule has 0 saturated heterocycles. The van der Waals surface area contributed by atoms with E-state index >= 15 is 0 Å². The number of phenolic OH excluding ortho intramolecular Hbond substituents is 2. The van der Waals surface area contributed by atoms with Gasteiger partial charge in [-0.05, 0) is 12.5 Å². The molecule has 0 bridgehead atoms. The Morgan fingerprint density at radius 3 is 2.64 bits per heavy atom. The van der Waals surface area contributed by atoms with Crippen molar-refractivity contribution < 1.29 is 20.1 Å². The number of hydrogen-bond donors (Lipinski definition) is 3. The van der Waals surface area contributed by atoms with Crippen LogP contribution in [-0.4, -0.2) is 21.3 Å². The maximum absolute atomic E-state index is 10.6. The van der Waals surface area contributed by atoms with Gasteiger partial charge in [-0.2, -0.15) is 0 Å². The van der Waals surface area contributed by atoms with Crippen LogP contribution in [0.3, 0.4) is 0 Å². The fraction of sp³-hybridized carbons (Fsp3) is 0.300. The zero-order valence-corrected chi connectivity index (χ0v) is 7.34. The first-order valence-electron chi connectivity index (χ1n) is 4.35. The Morgan fingerprint density at radius 2 is 2.07 bits per heavy atom. The Labute approximate surface area is 80.4 Å². The molecule has 1 aromatic rings. The third-order valence-electron chi connectivity index (χ3n) is 2.55. The topological polar surface area (TPSA) is 77.8 Å². The summed E-state index contributed by atoms with van der Waals surface area (Å²) in [5, 5.41) is 27.4. The lowest BCUT2D eigenvalue weighted by Crippen LogP contribution is -1.98. The summed E-state index contributed by atoms with van der Waals surface area (Å²) in [6.07, 6.45) is 0.534. The van der Waals surface area contributed by atoms with E-state index in [9.17, 15) is 15.0 Å². The lowest BCUT2D eigenvalue weighted by molar-refractivity contribution is -0.138. The number of hydrogen-bond acceptors (Lipinski definition) is 3. The van der Waals surface area contributed by atoms with E-state index in [0.29, 0.717) is 12.0 Å². The van der Waals surface area contributed by atoms with Crippen LogP contribution in [0.2, 0.25) is 0 Å². The van der Waals surface area contributed by atoms with E-state index in [0.717, 1.165) is 0 Å². The van der Waals surface area contributed by atoms with Crippen LogP contribution in [0.15, 0.2) is 18.2 Å². The molecular formula is C10H10O4. The summed E-state index contributed by atoms with van der Waals surface area (Å²) in [5.41, 5.74) is 0.525. The number of carbonyl (C=O) groups is 1. The van der Waals surface area contributed by atoms with Crippen LogP contribution in [0.1, 0.15) is 17.9 Å². The average molecular weight is 194 g/mol. The van der Waals surface area contributed by atoms with E-state index < -0.39 is 11.9 Å². The molecule has 74 valence electrons. The van der Waals surface area contributed by atoms with Crippen molar-refractivity contribution in [3.8, 4) is 11.5 Å². The minimum Gasteiger partial charge on any atom is -0.504 e. The van der Waals surface area contributed by atoms with Crippen LogP contribution in [-0.2, 0) is 4.79 Å². The van der Waals surface area contributed by atoms with Gasteiger partial charge in [-0.1, -0.05) is 12.1 Å². The van der Waals surface area contributed by atoms with Gasteiger partial charge in [-0.15, -0.1) is 0 Å². The second-order valence-corrected chi connectivity index (χ2v) is 3.50. The third-order valence-corrected chi connectivity index (χ3v) is 2.55. The number of rotatable bonds is 2. The zero-order chi connectivity index (χ0) is 10.3. The average Bonchev–Trinajstić information content (AvgIpc) is 2.89. The summed E-state index contributed by atoms with van der Waals surface area (Å²) in [6, 6.07) is 4.61. The normalized spacial score (nSPS) is 24.6. The second kappa shape index (κ2) is 2.90. The smallest absolute Gasteiger partial charge is 0.307 e. The summed E-state index contributed by atoms with van der Waals surface area (Å²) in [5.74, 6) is -1.81. The summed E-state index contributed by atoms with van der Waals surface area (Å²) >= 11 is 0. The van der Waals surface area contributed by atoms with Gasteiger partial charge in [0.15, 0.2) is 11.5 Å². The van der Waals surface area contributed by atoms with Crippen molar-refractivity contribution in [2.45, 2.75) is 12.3 Å². The molecule has 0 aliphatic heterocycles. The molecule has 4 heteroatoms. The summed E-state index contributed by atoms with van der Waals surface area (Å²) in [7, 11) is 0. The summed E-state index contributed by atoms with van der Waals surface area (Å²) < 4.78 is 0. The molecule has 1 fully saturated rings. The molecule has 0 spiro atoms. The molecule has 0 heterocycles. The highest BCUT2D eigenvalue weighted by Gasteiger charge is 2.45. The highest BCUT2D eigenvalue weighted by atomic mass is 16.4. The van der Waals surface area contributed by atoms with Crippen LogP contribution in [0, 0.1) is 5.92 Å². The van der Waals surface area contributed by atoms with Gasteiger partial charge < -0.3 is 15.3 Å². The number of carboxylic acids is 1. The molecule has 2 atom stereocenters. The van der Waals surface area contributed by atoms with Gasteiger partial charge in [0.1, 0.15) is 0 Å². The van der Waals surface area contributed by atoms with Gasteiger partial charge in [-0.25, -0.2) is 0 Å². The van der Waals surface area contributed by atoms with Gasteiger partial charge in [0.25, 0.3) is 0 Å². The van der Waals surface area contributed by atoms with Crippen LogP contribution in [0.25, 0.3) is 0 Å². The largest absolute Gasteiger partial charge is 0.504 e. The van der Waals surface area contributed by atoms with Crippen LogP contribution >= 0.6 is 0 Å². The van der Waals surface area contributed by atoms with Gasteiger partial charge in [0, 0.05) is 11.5 Å². The molecule has 0 amide bonds. The van der Waals surface area contributed by atoms with E-state index in [1.54, 1.807) is 12.1 Å². The molecule has 2 rings (SSSR count). The molecule has 4 nitrogen and oxygen atoms in total. The molecule has 1 aliphatic carbocycles. The van der Waals surface area contributed by atoms with Gasteiger partial charge in [-0.3, -0.25) is 4.79 Å². The monoisotopic (exact) mass is 194 g/mol. The standard InChI is InChI=1S/C10H10O4/c11-8-3-1-2-5(9(8)12)6-4-7(6)10(13)14/h1-3,6-7,11-12H,4H2,(H,13,14)/t6-,7+/m1/s1. The highest BCUT2D eigenvalue weighted by molar-refractivity contribution is 5.75. The Bertz CT molecular complexity index is 386. The van der Waals surface area contributed by atoms with Crippen molar-refractivity contribution in [1.82, 2.24) is 0 Å². The molecule has 1 saturated carbocycles. The quantitative estimate of drug-likeness (QED) is 0.620. The lowest BCUT2D eigenvalue weighted by atomic mass is 10.1. The van der Waals surface area contributed by atoms with Crippen molar-refractivity contribution in [2.24, 2.45) is 5.92 Å². The number of carboxylic acid groups (broad SMARTS) is 1. The van der Waals surface area contributed by atoms with Gasteiger partial charge in [0.05, 0.1) is 5.92 Å². The first kappa shape index (κ1) is 8.87. The molecule has 1 aliphatic rings. The van der Waals surface area contributed by atoms with Crippen LogP contribution < -0.4 is 0 Å². The molecule has 1 aromatic carbocycles. The van der Waals surface area contributed by atoms with E-state index in [-0.39, 0.29) is 17.4 Å². The van der Waals surface area contributed by atoms with Crippen molar-refractivity contribution in [1.29, 1.82) is 0 Å². The second-order valence-electron chi connectivity index (χ2n) is 3.50. The number of benzene rings is 1. The first-order chi connectivity index (χ1) is 6.61. The van der Waals surface area contributed by atoms with Gasteiger partial charge in [0.2, 0.25) is 0 Å². The Morgan fingerprint density at radius 1 is 1.36 bits per heavy atom. The maximum atomic E-state index is 10.6. The Hall–Kier alpha value is -1.71. The first-order valence-corrected chi connectivity index (χ1v) is 4.35. The minimum absolute atomic E-state index is 0.153. The minimum atomic E-state index is -0.849. The molecule has 0 aromatic heterocycles. The SMILES string of the molecule is O=C(O)[C@H]1C[C@@H]1c1cccc(O)c1O. The van der Waals surface area contributed by atoms with Crippen molar-refractivity contribution in [3.05, 3.63) is 23.8 Å². The molecule has 3 N–H and O–H groups in total. The van der Waals surface area contributed by atoms with E-state index in [1.807, 2.05) is 0 Å². The molecule has 0 unspecified atom stereocenters. The molecular weight excluding hydrogens is 184 g/mol. The van der Waals surface area contributed by atoms with Crippen LogP contribution in [0.4, 0.5) is 0 Å². The fourth-order valence-corrected chi connectivity index (χ4v) is 1.66. The van der Waals surface area contributed by atoms with E-state index in [1.165, 1.54) is 6.07 Å². The van der Waals surface area contributed by atoms with Crippen molar-refractivity contribution in [2.75, 3.05) is 0 Å². The molecule has 14 heavy (non-hydrogen) atoms. The Balaban J connectivity index is 2.27. The number of aliphatic carboxylic acids is 1. The number of phenols is 2. The summed E-state index contributed by atoms with van der Waals surface area (Å²) in [6.45, 7) is 0. The summed E-state index contributed by atoms with van der Waals surface area (Å²) in [4.78, 5) is 10.6. The highest BCUT2D eigenvalue weighted by Crippen LogP contribution is 2.51. The van der Waals surface area contributed by atoms with E-state index in [4.69, 9.17) is 5.11 Å². The zero-order valence-electron chi connectivity index (χ0n) is 7.34. The maximum Gasteiger partial charge on any atom is 0.307 e. The van der Waals surface area contributed by atoms with E-state index in [2.05, 4.69) is 0 Å².